The van der Waals surface area contributed by atoms with Crippen LogP contribution in [-0.4, -0.2) is 24.3 Å². The van der Waals surface area contributed by atoms with Gasteiger partial charge in [0.2, 0.25) is 0 Å². The Morgan fingerprint density at radius 1 is 1.36 bits per heavy atom. The van der Waals surface area contributed by atoms with Crippen LogP contribution in [-0.2, 0) is 6.54 Å². The molecule has 0 amide bonds. The molecule has 0 atom stereocenters. The zero-order valence-electron chi connectivity index (χ0n) is 6.78. The molecule has 2 N–H and O–H groups in total. The van der Waals surface area contributed by atoms with Crippen LogP contribution in [0.3, 0.4) is 0 Å². The second-order valence-electron chi connectivity index (χ2n) is 2.48. The van der Waals surface area contributed by atoms with E-state index in [0.29, 0.717) is 6.54 Å². The van der Waals surface area contributed by atoms with Gasteiger partial charge in [0, 0.05) is 20.6 Å². The molecule has 0 radical (unpaired) electrons. The van der Waals surface area contributed by atoms with Crippen LogP contribution in [0.15, 0.2) is 12.1 Å². The molecule has 11 heavy (non-hydrogen) atoms. The molecule has 0 spiro atoms. The first-order chi connectivity index (χ1) is 5.24. The van der Waals surface area contributed by atoms with Crippen molar-refractivity contribution in [3.05, 3.63) is 17.8 Å². The summed E-state index contributed by atoms with van der Waals surface area (Å²) in [6.45, 7) is 0.445. The second kappa shape index (κ2) is 3.30. The number of hydrogen-bond donors (Lipinski definition) is 1. The van der Waals surface area contributed by atoms with Crippen molar-refractivity contribution in [1.82, 2.24) is 10.2 Å². The lowest BCUT2D eigenvalue weighted by Crippen LogP contribution is -2.12. The molecule has 0 fully saturated rings. The lowest BCUT2D eigenvalue weighted by Gasteiger charge is -2.09. The molecule has 60 valence electrons. The highest BCUT2D eigenvalue weighted by atomic mass is 15.2. The third-order valence-electron chi connectivity index (χ3n) is 1.37. The van der Waals surface area contributed by atoms with Crippen molar-refractivity contribution in [2.75, 3.05) is 19.0 Å². The zero-order valence-corrected chi connectivity index (χ0v) is 6.78. The fourth-order valence-electron chi connectivity index (χ4n) is 0.700. The van der Waals surface area contributed by atoms with Gasteiger partial charge in [-0.05, 0) is 12.1 Å². The van der Waals surface area contributed by atoms with Crippen LogP contribution in [0.1, 0.15) is 5.69 Å². The predicted molar refractivity (Wildman–Crippen MR) is 44.3 cm³/mol. The first-order valence-corrected chi connectivity index (χ1v) is 3.44. The molecule has 4 nitrogen and oxygen atoms in total. The highest BCUT2D eigenvalue weighted by molar-refractivity contribution is 5.34. The molecule has 1 aromatic heterocycles. The molecule has 1 rings (SSSR count). The average Bonchev–Trinajstić information content (AvgIpc) is 2.05. The van der Waals surface area contributed by atoms with Crippen LogP contribution >= 0.6 is 0 Å². The minimum Gasteiger partial charge on any atom is -0.361 e. The van der Waals surface area contributed by atoms with Crippen LogP contribution in [0, 0.1) is 0 Å². The normalized spacial score (nSPS) is 9.73. The number of nitrogens with two attached hydrogens (primary N) is 1. The number of nitrogens with zero attached hydrogens (tertiary/aromatic N) is 3. The van der Waals surface area contributed by atoms with Crippen LogP contribution in [0.2, 0.25) is 0 Å². The second-order valence-corrected chi connectivity index (χ2v) is 2.48. The van der Waals surface area contributed by atoms with Gasteiger partial charge >= 0.3 is 0 Å². The first kappa shape index (κ1) is 7.94. The van der Waals surface area contributed by atoms with E-state index in [1.807, 2.05) is 31.1 Å². The molecule has 0 aromatic carbocycles. The Labute approximate surface area is 66.0 Å². The summed E-state index contributed by atoms with van der Waals surface area (Å²) >= 11 is 0. The quantitative estimate of drug-likeness (QED) is 0.648. The number of hydrogen-bond acceptors (Lipinski definition) is 4. The summed E-state index contributed by atoms with van der Waals surface area (Å²) < 4.78 is 0. The summed E-state index contributed by atoms with van der Waals surface area (Å²) in [7, 11) is 3.85. The summed E-state index contributed by atoms with van der Waals surface area (Å²) in [6.07, 6.45) is 0. The van der Waals surface area contributed by atoms with Crippen molar-refractivity contribution in [3.8, 4) is 0 Å². The lowest BCUT2D eigenvalue weighted by atomic mass is 10.4. The van der Waals surface area contributed by atoms with Crippen molar-refractivity contribution in [1.29, 1.82) is 0 Å². The van der Waals surface area contributed by atoms with Crippen LogP contribution in [0.5, 0.6) is 0 Å². The smallest absolute Gasteiger partial charge is 0.150 e. The van der Waals surface area contributed by atoms with Gasteiger partial charge in [0.25, 0.3) is 0 Å². The Hall–Kier alpha value is -1.16. The van der Waals surface area contributed by atoms with E-state index in [4.69, 9.17) is 5.73 Å². The standard InChI is InChI=1S/C7H12N4/c1-11(2)7-4-3-6(5-8)9-10-7/h3-4H,5,8H2,1-2H3. The molecule has 0 aliphatic heterocycles. The molecule has 0 bridgehead atoms. The van der Waals surface area contributed by atoms with Gasteiger partial charge in [-0.3, -0.25) is 0 Å². The minimum absolute atomic E-state index is 0.445. The van der Waals surface area contributed by atoms with Crippen LogP contribution in [0.4, 0.5) is 5.82 Å². The van der Waals surface area contributed by atoms with Gasteiger partial charge in [-0.1, -0.05) is 0 Å². The topological polar surface area (TPSA) is 55.0 Å². The fourth-order valence-corrected chi connectivity index (χ4v) is 0.700. The molecule has 0 aliphatic rings. The highest BCUT2D eigenvalue weighted by Crippen LogP contribution is 2.03. The maximum Gasteiger partial charge on any atom is 0.150 e. The molecule has 0 saturated heterocycles. The zero-order chi connectivity index (χ0) is 8.27. The van der Waals surface area contributed by atoms with Gasteiger partial charge in [0.15, 0.2) is 5.82 Å². The van der Waals surface area contributed by atoms with E-state index in [1.54, 1.807) is 0 Å². The Balaban J connectivity index is 2.83. The molecule has 1 heterocycles. The third kappa shape index (κ3) is 1.88. The Kier molecular flexibility index (Phi) is 2.38. The third-order valence-corrected chi connectivity index (χ3v) is 1.37. The van der Waals surface area contributed by atoms with E-state index < -0.39 is 0 Å². The summed E-state index contributed by atoms with van der Waals surface area (Å²) in [4.78, 5) is 1.90. The fraction of sp³-hybridized carbons (Fsp3) is 0.429. The lowest BCUT2D eigenvalue weighted by molar-refractivity contribution is 0.879. The summed E-state index contributed by atoms with van der Waals surface area (Å²) in [6, 6.07) is 3.78. The SMILES string of the molecule is CN(C)c1ccc(CN)nn1. The van der Waals surface area contributed by atoms with E-state index in [-0.39, 0.29) is 0 Å². The Morgan fingerprint density at radius 2 is 2.09 bits per heavy atom. The number of aromatic nitrogens is 2. The minimum atomic E-state index is 0.445. The maximum absolute atomic E-state index is 5.36. The predicted octanol–water partition coefficient (Wildman–Crippen LogP) is 0.00130. The largest absolute Gasteiger partial charge is 0.361 e. The Morgan fingerprint density at radius 3 is 2.45 bits per heavy atom. The molecule has 0 aliphatic carbocycles. The van der Waals surface area contributed by atoms with E-state index in [1.165, 1.54) is 0 Å². The van der Waals surface area contributed by atoms with Crippen molar-refractivity contribution >= 4 is 5.82 Å². The maximum atomic E-state index is 5.36. The van der Waals surface area contributed by atoms with E-state index in [0.717, 1.165) is 11.5 Å². The average molecular weight is 152 g/mol. The molecule has 0 saturated carbocycles. The van der Waals surface area contributed by atoms with Gasteiger partial charge < -0.3 is 10.6 Å². The van der Waals surface area contributed by atoms with Crippen molar-refractivity contribution in [2.24, 2.45) is 5.73 Å². The van der Waals surface area contributed by atoms with Crippen molar-refractivity contribution in [2.45, 2.75) is 6.54 Å². The van der Waals surface area contributed by atoms with Crippen LogP contribution in [0.25, 0.3) is 0 Å². The molecule has 4 heteroatoms. The molecule has 0 unspecified atom stereocenters. The van der Waals surface area contributed by atoms with Crippen LogP contribution < -0.4 is 10.6 Å². The number of anilines is 1. The molecular weight excluding hydrogens is 140 g/mol. The van der Waals surface area contributed by atoms with Gasteiger partial charge in [-0.25, -0.2) is 0 Å². The Bertz CT molecular complexity index is 216. The van der Waals surface area contributed by atoms with Gasteiger partial charge in [-0.2, -0.15) is 5.10 Å². The monoisotopic (exact) mass is 152 g/mol. The van der Waals surface area contributed by atoms with E-state index in [9.17, 15) is 0 Å². The highest BCUT2D eigenvalue weighted by Gasteiger charge is 1.96. The van der Waals surface area contributed by atoms with Gasteiger partial charge in [-0.15, -0.1) is 5.10 Å². The number of rotatable bonds is 2. The van der Waals surface area contributed by atoms with Gasteiger partial charge in [0.1, 0.15) is 0 Å². The molecular formula is C7H12N4. The first-order valence-electron chi connectivity index (χ1n) is 3.44. The summed E-state index contributed by atoms with van der Waals surface area (Å²) in [5.74, 6) is 0.849. The molecule has 1 aromatic rings. The van der Waals surface area contributed by atoms with Gasteiger partial charge in [0.05, 0.1) is 5.69 Å². The van der Waals surface area contributed by atoms with E-state index in [2.05, 4.69) is 10.2 Å². The van der Waals surface area contributed by atoms with E-state index >= 15 is 0 Å². The summed E-state index contributed by atoms with van der Waals surface area (Å²) in [5.41, 5.74) is 6.18. The van der Waals surface area contributed by atoms with Crippen molar-refractivity contribution < 1.29 is 0 Å². The van der Waals surface area contributed by atoms with Crippen molar-refractivity contribution in [3.63, 3.8) is 0 Å². The summed E-state index contributed by atoms with van der Waals surface area (Å²) in [5, 5.41) is 7.85.